The van der Waals surface area contributed by atoms with Crippen molar-refractivity contribution < 1.29 is 4.79 Å². The number of hydrogen-bond donors (Lipinski definition) is 0. The zero-order valence-corrected chi connectivity index (χ0v) is 14.5. The van der Waals surface area contributed by atoms with E-state index >= 15 is 0 Å². The van der Waals surface area contributed by atoms with Crippen LogP contribution in [-0.2, 0) is 0 Å². The Labute approximate surface area is 143 Å². The molecule has 7 heteroatoms. The molecule has 1 aromatic carbocycles. The number of aryl methyl sites for hydroxylation is 1. The van der Waals surface area contributed by atoms with Crippen LogP contribution in [0.4, 0.5) is 0 Å². The lowest BCUT2D eigenvalue weighted by molar-refractivity contribution is 0.0770. The molecule has 1 atom stereocenters. The second kappa shape index (κ2) is 6.98. The van der Waals surface area contributed by atoms with Crippen molar-refractivity contribution >= 4 is 40.8 Å². The van der Waals surface area contributed by atoms with Crippen molar-refractivity contribution in [1.29, 1.82) is 0 Å². The third-order valence-corrected chi connectivity index (χ3v) is 6.20. The molecule has 0 aliphatic carbocycles. The molecule has 0 spiro atoms. The minimum absolute atomic E-state index is 0.0490. The van der Waals surface area contributed by atoms with Crippen LogP contribution in [0.3, 0.4) is 0 Å². The number of rotatable bonds is 2. The van der Waals surface area contributed by atoms with E-state index in [1.54, 1.807) is 0 Å². The van der Waals surface area contributed by atoms with Gasteiger partial charge in [0.05, 0.1) is 5.69 Å². The van der Waals surface area contributed by atoms with Crippen LogP contribution in [0.5, 0.6) is 0 Å². The van der Waals surface area contributed by atoms with Gasteiger partial charge in [0.25, 0.3) is 5.91 Å². The van der Waals surface area contributed by atoms with Crippen molar-refractivity contribution in [2.75, 3.05) is 18.8 Å². The molecule has 1 saturated heterocycles. The quantitative estimate of drug-likeness (QED) is 0.823. The second-order valence-electron chi connectivity index (χ2n) is 5.15. The summed E-state index contributed by atoms with van der Waals surface area (Å²) in [6.45, 7) is 3.32. The largest absolute Gasteiger partial charge is 0.337 e. The average Bonchev–Trinajstić information content (AvgIpc) is 2.80. The summed E-state index contributed by atoms with van der Waals surface area (Å²) in [7, 11) is 0. The van der Waals surface area contributed by atoms with Crippen LogP contribution in [0, 0.1) is 6.92 Å². The molecule has 22 heavy (non-hydrogen) atoms. The van der Waals surface area contributed by atoms with Gasteiger partial charge in [0, 0.05) is 29.1 Å². The summed E-state index contributed by atoms with van der Waals surface area (Å²) < 4.78 is 3.86. The highest BCUT2D eigenvalue weighted by atomic mass is 35.5. The van der Waals surface area contributed by atoms with Gasteiger partial charge in [-0.3, -0.25) is 4.79 Å². The number of benzene rings is 1. The van der Waals surface area contributed by atoms with Gasteiger partial charge < -0.3 is 4.90 Å². The van der Waals surface area contributed by atoms with Crippen molar-refractivity contribution in [2.24, 2.45) is 0 Å². The van der Waals surface area contributed by atoms with E-state index in [2.05, 4.69) is 15.7 Å². The SMILES string of the molecule is Cc1nnsc1C(=O)N1CCS[C@H](c2ccccc2Cl)CC1. The summed E-state index contributed by atoms with van der Waals surface area (Å²) in [5, 5.41) is 5.08. The standard InChI is InChI=1S/C15H16ClN3OS2/c1-10-14(22-18-17-10)15(20)19-7-6-13(21-9-8-19)11-4-2-3-5-12(11)16/h2-5,13H,6-9H2,1H3/t13-/m0/s1. The normalized spacial score (nSPS) is 19.0. The fraction of sp³-hybridized carbons (Fsp3) is 0.400. The van der Waals surface area contributed by atoms with Crippen LogP contribution >= 0.6 is 34.9 Å². The molecular weight excluding hydrogens is 338 g/mol. The lowest BCUT2D eigenvalue weighted by Gasteiger charge is -2.19. The number of carbonyl (C=O) groups excluding carboxylic acids is 1. The van der Waals surface area contributed by atoms with Gasteiger partial charge in [-0.05, 0) is 36.5 Å². The van der Waals surface area contributed by atoms with Crippen molar-refractivity contribution in [2.45, 2.75) is 18.6 Å². The van der Waals surface area contributed by atoms with Gasteiger partial charge in [0.2, 0.25) is 0 Å². The Hall–Kier alpha value is -1.11. The Balaban J connectivity index is 1.72. The van der Waals surface area contributed by atoms with Crippen LogP contribution in [0.1, 0.15) is 32.6 Å². The van der Waals surface area contributed by atoms with Gasteiger partial charge in [-0.2, -0.15) is 11.8 Å². The molecule has 0 radical (unpaired) electrons. The Bertz CT molecular complexity index is 676. The molecule has 0 unspecified atom stereocenters. The molecule has 0 saturated carbocycles. The van der Waals surface area contributed by atoms with Gasteiger partial charge >= 0.3 is 0 Å². The Morgan fingerprint density at radius 3 is 2.91 bits per heavy atom. The van der Waals surface area contributed by atoms with Crippen LogP contribution < -0.4 is 0 Å². The third kappa shape index (κ3) is 3.29. The van der Waals surface area contributed by atoms with E-state index in [-0.39, 0.29) is 5.91 Å². The first kappa shape index (κ1) is 15.8. The van der Waals surface area contributed by atoms with Gasteiger partial charge in [-0.1, -0.05) is 34.3 Å². The smallest absolute Gasteiger partial charge is 0.267 e. The highest BCUT2D eigenvalue weighted by Gasteiger charge is 2.25. The summed E-state index contributed by atoms with van der Waals surface area (Å²) in [5.41, 5.74) is 1.88. The lowest BCUT2D eigenvalue weighted by Crippen LogP contribution is -2.32. The van der Waals surface area contributed by atoms with Gasteiger partial charge in [0.15, 0.2) is 0 Å². The lowest BCUT2D eigenvalue weighted by atomic mass is 10.1. The highest BCUT2D eigenvalue weighted by molar-refractivity contribution is 7.99. The van der Waals surface area contributed by atoms with E-state index < -0.39 is 0 Å². The number of thioether (sulfide) groups is 1. The molecule has 1 amide bonds. The average molecular weight is 354 g/mol. The molecule has 2 heterocycles. The number of carbonyl (C=O) groups is 1. The minimum Gasteiger partial charge on any atom is -0.337 e. The topological polar surface area (TPSA) is 46.1 Å². The number of aromatic nitrogens is 2. The summed E-state index contributed by atoms with van der Waals surface area (Å²) in [6, 6.07) is 7.97. The maximum Gasteiger partial charge on any atom is 0.267 e. The molecule has 3 rings (SSSR count). The predicted molar refractivity (Wildman–Crippen MR) is 91.8 cm³/mol. The molecule has 1 aromatic heterocycles. The zero-order chi connectivity index (χ0) is 15.5. The first-order valence-electron chi connectivity index (χ1n) is 7.11. The Morgan fingerprint density at radius 1 is 1.36 bits per heavy atom. The van der Waals surface area contributed by atoms with Crippen LogP contribution in [0.2, 0.25) is 5.02 Å². The molecule has 116 valence electrons. The summed E-state index contributed by atoms with van der Waals surface area (Å²) in [4.78, 5) is 15.1. The summed E-state index contributed by atoms with van der Waals surface area (Å²) in [5.74, 6) is 0.959. The van der Waals surface area contributed by atoms with E-state index in [1.165, 1.54) is 17.1 Å². The van der Waals surface area contributed by atoms with E-state index in [9.17, 15) is 4.79 Å². The van der Waals surface area contributed by atoms with Gasteiger partial charge in [0.1, 0.15) is 4.88 Å². The molecule has 1 fully saturated rings. The van der Waals surface area contributed by atoms with Gasteiger partial charge in [-0.25, -0.2) is 0 Å². The number of nitrogens with zero attached hydrogens (tertiary/aromatic N) is 3. The van der Waals surface area contributed by atoms with Crippen LogP contribution in [-0.4, -0.2) is 39.2 Å². The zero-order valence-electron chi connectivity index (χ0n) is 12.2. The third-order valence-electron chi connectivity index (χ3n) is 3.73. The Morgan fingerprint density at radius 2 is 2.18 bits per heavy atom. The highest BCUT2D eigenvalue weighted by Crippen LogP contribution is 2.38. The van der Waals surface area contributed by atoms with Gasteiger partial charge in [-0.15, -0.1) is 5.10 Å². The summed E-state index contributed by atoms with van der Waals surface area (Å²) in [6.07, 6.45) is 0.908. The number of hydrogen-bond acceptors (Lipinski definition) is 5. The second-order valence-corrected chi connectivity index (χ2v) is 7.62. The van der Waals surface area contributed by atoms with E-state index in [0.29, 0.717) is 10.1 Å². The maximum atomic E-state index is 12.6. The van der Waals surface area contributed by atoms with E-state index in [0.717, 1.165) is 36.0 Å². The monoisotopic (exact) mass is 353 g/mol. The van der Waals surface area contributed by atoms with Crippen LogP contribution in [0.15, 0.2) is 24.3 Å². The number of amides is 1. The first-order valence-corrected chi connectivity index (χ1v) is 9.31. The maximum absolute atomic E-state index is 12.6. The van der Waals surface area contributed by atoms with E-state index in [4.69, 9.17) is 11.6 Å². The predicted octanol–water partition coefficient (Wildman–Crippen LogP) is 3.82. The molecule has 0 bridgehead atoms. The van der Waals surface area contributed by atoms with E-state index in [1.807, 2.05) is 41.8 Å². The molecule has 2 aromatic rings. The fourth-order valence-electron chi connectivity index (χ4n) is 2.53. The summed E-state index contributed by atoms with van der Waals surface area (Å²) >= 11 is 9.35. The fourth-order valence-corrected chi connectivity index (χ4v) is 4.75. The molecule has 1 aliphatic rings. The number of halogens is 1. The van der Waals surface area contributed by atoms with Crippen LogP contribution in [0.25, 0.3) is 0 Å². The van der Waals surface area contributed by atoms with Crippen molar-refractivity contribution in [3.05, 3.63) is 45.4 Å². The van der Waals surface area contributed by atoms with Crippen molar-refractivity contribution in [3.8, 4) is 0 Å². The molecule has 4 nitrogen and oxygen atoms in total. The molecule has 0 N–H and O–H groups in total. The van der Waals surface area contributed by atoms with Crippen molar-refractivity contribution in [1.82, 2.24) is 14.5 Å². The molecule has 1 aliphatic heterocycles. The first-order chi connectivity index (χ1) is 10.7. The van der Waals surface area contributed by atoms with Crippen molar-refractivity contribution in [3.63, 3.8) is 0 Å². The molecular formula is C15H16ClN3OS2. The minimum atomic E-state index is 0.0490. The Kier molecular flexibility index (Phi) is 5.00.